The Balaban J connectivity index is 1.25. The van der Waals surface area contributed by atoms with Crippen molar-refractivity contribution in [3.05, 3.63) is 77.9 Å². The standard InChI is InChI=1S/C26H24N2O3/c1-14(15-6-3-2-4-7-15)27-24(29)16-8-5-9-17(12-16)28-25(30)22-18-10-11-19(21-13-20(18)21)23(22)26(28)31/h2-12,14,18-23H,13H2,1H3,(H,27,29). The van der Waals surface area contributed by atoms with Crippen LogP contribution >= 0.6 is 0 Å². The maximum absolute atomic E-state index is 13.3. The summed E-state index contributed by atoms with van der Waals surface area (Å²) in [6.07, 6.45) is 5.48. The number of benzene rings is 2. The lowest BCUT2D eigenvalue weighted by atomic mass is 9.63. The van der Waals surface area contributed by atoms with Crippen molar-refractivity contribution in [3.63, 3.8) is 0 Å². The summed E-state index contributed by atoms with van der Waals surface area (Å²) >= 11 is 0. The van der Waals surface area contributed by atoms with Gasteiger partial charge in [0.2, 0.25) is 11.8 Å². The summed E-state index contributed by atoms with van der Waals surface area (Å²) in [6.45, 7) is 1.93. The molecule has 0 aromatic heterocycles. The lowest BCUT2D eigenvalue weighted by molar-refractivity contribution is -0.124. The molecule has 156 valence electrons. The Morgan fingerprint density at radius 3 is 2.23 bits per heavy atom. The molecule has 1 aliphatic heterocycles. The summed E-state index contributed by atoms with van der Waals surface area (Å²) in [6, 6.07) is 16.5. The monoisotopic (exact) mass is 412 g/mol. The molecule has 7 atom stereocenters. The number of nitrogens with zero attached hydrogens (tertiary/aromatic N) is 1. The second kappa shape index (κ2) is 6.64. The largest absolute Gasteiger partial charge is 0.346 e. The zero-order chi connectivity index (χ0) is 21.3. The van der Waals surface area contributed by atoms with E-state index in [-0.39, 0.29) is 47.4 Å². The third kappa shape index (κ3) is 2.72. The Bertz CT molecular complexity index is 1090. The van der Waals surface area contributed by atoms with E-state index < -0.39 is 0 Å². The third-order valence-electron chi connectivity index (χ3n) is 7.68. The van der Waals surface area contributed by atoms with E-state index in [1.807, 2.05) is 37.3 Å². The van der Waals surface area contributed by atoms with Crippen molar-refractivity contribution in [3.8, 4) is 0 Å². The van der Waals surface area contributed by atoms with Crippen LogP contribution in [0.4, 0.5) is 5.69 Å². The Labute approximate surface area is 181 Å². The molecule has 7 unspecified atom stereocenters. The van der Waals surface area contributed by atoms with E-state index in [2.05, 4.69) is 17.5 Å². The first kappa shape index (κ1) is 18.6. The summed E-state index contributed by atoms with van der Waals surface area (Å²) in [5.74, 6) is 0.638. The molecule has 5 nitrogen and oxygen atoms in total. The van der Waals surface area contributed by atoms with Crippen LogP contribution in [0.25, 0.3) is 0 Å². The molecular formula is C26H24N2O3. The van der Waals surface area contributed by atoms with Crippen LogP contribution in [-0.2, 0) is 9.59 Å². The highest BCUT2D eigenvalue weighted by molar-refractivity contribution is 6.23. The Morgan fingerprint density at radius 1 is 0.935 bits per heavy atom. The number of rotatable bonds is 4. The van der Waals surface area contributed by atoms with Crippen molar-refractivity contribution in [1.82, 2.24) is 5.32 Å². The second-order valence-electron chi connectivity index (χ2n) is 9.32. The van der Waals surface area contributed by atoms with Gasteiger partial charge in [-0.2, -0.15) is 0 Å². The average molecular weight is 412 g/mol. The zero-order valence-electron chi connectivity index (χ0n) is 17.3. The van der Waals surface area contributed by atoms with Crippen LogP contribution in [0.15, 0.2) is 66.7 Å². The first-order valence-corrected chi connectivity index (χ1v) is 11.1. The van der Waals surface area contributed by atoms with Crippen LogP contribution < -0.4 is 10.2 Å². The lowest BCUT2D eigenvalue weighted by Gasteiger charge is -2.37. The van der Waals surface area contributed by atoms with Crippen molar-refractivity contribution in [2.24, 2.45) is 35.5 Å². The normalized spacial score (nSPS) is 33.1. The molecule has 4 aliphatic carbocycles. The molecule has 31 heavy (non-hydrogen) atoms. The number of imide groups is 1. The number of carbonyl (C=O) groups excluding carboxylic acids is 3. The van der Waals surface area contributed by atoms with Gasteiger partial charge in [-0.25, -0.2) is 4.90 Å². The van der Waals surface area contributed by atoms with Crippen molar-refractivity contribution in [1.29, 1.82) is 0 Å². The molecule has 5 aliphatic rings. The number of allylic oxidation sites excluding steroid dienone is 2. The predicted octanol–water partition coefficient (Wildman–Crippen LogP) is 3.74. The van der Waals surface area contributed by atoms with Gasteiger partial charge in [0.25, 0.3) is 5.91 Å². The molecule has 3 amide bonds. The quantitative estimate of drug-likeness (QED) is 0.615. The summed E-state index contributed by atoms with van der Waals surface area (Å²) in [7, 11) is 0. The van der Waals surface area contributed by atoms with E-state index in [1.54, 1.807) is 24.3 Å². The van der Waals surface area contributed by atoms with Gasteiger partial charge in [-0.15, -0.1) is 0 Å². The van der Waals surface area contributed by atoms with Crippen LogP contribution in [0, 0.1) is 35.5 Å². The molecule has 0 radical (unpaired) electrons. The van der Waals surface area contributed by atoms with E-state index in [4.69, 9.17) is 0 Å². The van der Waals surface area contributed by atoms with Crippen LogP contribution in [0.5, 0.6) is 0 Å². The van der Waals surface area contributed by atoms with Gasteiger partial charge in [0.1, 0.15) is 0 Å². The highest BCUT2D eigenvalue weighted by Crippen LogP contribution is 2.65. The topological polar surface area (TPSA) is 66.5 Å². The molecular weight excluding hydrogens is 388 g/mol. The van der Waals surface area contributed by atoms with E-state index in [0.29, 0.717) is 23.1 Å². The van der Waals surface area contributed by atoms with Crippen LogP contribution in [0.1, 0.15) is 35.3 Å². The molecule has 2 saturated carbocycles. The third-order valence-corrected chi connectivity index (χ3v) is 7.68. The van der Waals surface area contributed by atoms with E-state index >= 15 is 0 Å². The van der Waals surface area contributed by atoms with E-state index in [0.717, 1.165) is 12.0 Å². The van der Waals surface area contributed by atoms with E-state index in [9.17, 15) is 14.4 Å². The number of anilines is 1. The van der Waals surface area contributed by atoms with Gasteiger partial charge in [0.15, 0.2) is 0 Å². The lowest BCUT2D eigenvalue weighted by Crippen LogP contribution is -2.40. The molecule has 1 saturated heterocycles. The molecule has 7 rings (SSSR count). The predicted molar refractivity (Wildman–Crippen MR) is 116 cm³/mol. The van der Waals surface area contributed by atoms with Crippen LogP contribution in [0.3, 0.4) is 0 Å². The van der Waals surface area contributed by atoms with Crippen LogP contribution in [-0.4, -0.2) is 17.7 Å². The highest BCUT2D eigenvalue weighted by atomic mass is 16.2. The summed E-state index contributed by atoms with van der Waals surface area (Å²) in [5.41, 5.74) is 1.96. The molecule has 2 aromatic carbocycles. The molecule has 2 aromatic rings. The molecule has 0 spiro atoms. The fraction of sp³-hybridized carbons (Fsp3) is 0.346. The average Bonchev–Trinajstić information content (AvgIpc) is 3.57. The van der Waals surface area contributed by atoms with Crippen LogP contribution in [0.2, 0.25) is 0 Å². The Morgan fingerprint density at radius 2 is 1.58 bits per heavy atom. The minimum atomic E-state index is -0.234. The minimum absolute atomic E-state index is 0.102. The number of amides is 3. The Hall–Kier alpha value is -3.21. The maximum Gasteiger partial charge on any atom is 0.251 e. The van der Waals surface area contributed by atoms with Gasteiger partial charge in [0, 0.05) is 5.56 Å². The fourth-order valence-electron chi connectivity index (χ4n) is 6.10. The number of nitrogens with one attached hydrogen (secondary N) is 1. The summed E-state index contributed by atoms with van der Waals surface area (Å²) in [4.78, 5) is 40.8. The molecule has 2 bridgehead atoms. The number of carbonyl (C=O) groups is 3. The van der Waals surface area contributed by atoms with Gasteiger partial charge in [-0.05, 0) is 60.8 Å². The van der Waals surface area contributed by atoms with Gasteiger partial charge < -0.3 is 5.32 Å². The summed E-state index contributed by atoms with van der Waals surface area (Å²) < 4.78 is 0. The molecule has 5 heteroatoms. The minimum Gasteiger partial charge on any atom is -0.346 e. The molecule has 1 heterocycles. The van der Waals surface area contributed by atoms with Crippen molar-refractivity contribution in [2.45, 2.75) is 19.4 Å². The Kier molecular flexibility index (Phi) is 3.98. The van der Waals surface area contributed by atoms with Gasteiger partial charge >= 0.3 is 0 Å². The van der Waals surface area contributed by atoms with Gasteiger partial charge in [-0.1, -0.05) is 48.6 Å². The number of hydrogen-bond donors (Lipinski definition) is 1. The smallest absolute Gasteiger partial charge is 0.251 e. The highest BCUT2D eigenvalue weighted by Gasteiger charge is 2.67. The van der Waals surface area contributed by atoms with E-state index in [1.165, 1.54) is 4.90 Å². The van der Waals surface area contributed by atoms with Crippen molar-refractivity contribution >= 4 is 23.4 Å². The van der Waals surface area contributed by atoms with Crippen molar-refractivity contribution in [2.75, 3.05) is 4.90 Å². The van der Waals surface area contributed by atoms with Gasteiger partial charge in [-0.3, -0.25) is 14.4 Å². The SMILES string of the molecule is CC(NC(=O)c1cccc(N2C(=O)C3C4C=CC(C5CC45)C3C2=O)c1)c1ccccc1. The first-order chi connectivity index (χ1) is 15.0. The zero-order valence-corrected chi connectivity index (χ0v) is 17.3. The first-order valence-electron chi connectivity index (χ1n) is 11.1. The molecule has 3 fully saturated rings. The summed E-state index contributed by atoms with van der Waals surface area (Å²) in [5, 5.41) is 3.00. The maximum atomic E-state index is 13.3. The fourth-order valence-corrected chi connectivity index (χ4v) is 6.10. The van der Waals surface area contributed by atoms with Gasteiger partial charge in [0.05, 0.1) is 23.6 Å². The second-order valence-corrected chi connectivity index (χ2v) is 9.32. The number of hydrogen-bond acceptors (Lipinski definition) is 3. The molecule has 1 N–H and O–H groups in total. The van der Waals surface area contributed by atoms with Crippen molar-refractivity contribution < 1.29 is 14.4 Å².